The largest absolute Gasteiger partial charge is 0.506 e. The van der Waals surface area contributed by atoms with Crippen LogP contribution in [0, 0.1) is 0 Å². The zero-order chi connectivity index (χ0) is 12.7. The summed E-state index contributed by atoms with van der Waals surface area (Å²) in [6.45, 7) is 0. The Labute approximate surface area is 109 Å². The molecule has 1 N–H and O–H groups in total. The molecule has 0 saturated heterocycles. The Morgan fingerprint density at radius 1 is 1.33 bits per heavy atom. The number of hydrogen-bond donors (Lipinski definition) is 1. The molecule has 0 amide bonds. The summed E-state index contributed by atoms with van der Waals surface area (Å²) in [6.07, 6.45) is 5.41. The fourth-order valence-electron chi connectivity index (χ4n) is 2.34. The lowest BCUT2D eigenvalue weighted by Crippen LogP contribution is -2.13. The normalized spacial score (nSPS) is 17.5. The van der Waals surface area contributed by atoms with E-state index in [9.17, 15) is 9.90 Å². The third-order valence-electron chi connectivity index (χ3n) is 3.24. The number of carbonyl (C=O) groups excluding carboxylic acids is 1. The van der Waals surface area contributed by atoms with Crippen LogP contribution in [-0.4, -0.2) is 11.4 Å². The van der Waals surface area contributed by atoms with Crippen LogP contribution in [0.1, 0.15) is 24.8 Å². The highest BCUT2D eigenvalue weighted by Crippen LogP contribution is 2.41. The quantitative estimate of drug-likeness (QED) is 0.789. The van der Waals surface area contributed by atoms with Gasteiger partial charge in [-0.3, -0.25) is 4.79 Å². The van der Waals surface area contributed by atoms with E-state index in [1.165, 1.54) is 6.07 Å². The fourth-order valence-corrected chi connectivity index (χ4v) is 2.51. The molecule has 0 bridgehead atoms. The molecule has 1 heterocycles. The first-order chi connectivity index (χ1) is 8.69. The summed E-state index contributed by atoms with van der Waals surface area (Å²) < 4.78 is 5.74. The number of aromatic hydroxyl groups is 1. The number of ether oxygens (including phenoxy) is 1. The predicted octanol–water partition coefficient (Wildman–Crippen LogP) is 3.46. The van der Waals surface area contributed by atoms with Gasteiger partial charge < -0.3 is 9.84 Å². The molecule has 0 aromatic heterocycles. The smallest absolute Gasteiger partial charge is 0.149 e. The highest BCUT2D eigenvalue weighted by atomic mass is 35.5. The Bertz CT molecular complexity index is 599. The average molecular weight is 263 g/mol. The molecule has 1 aromatic carbocycles. The average Bonchev–Trinajstić information content (AvgIpc) is 2.37. The third kappa shape index (κ3) is 1.71. The molecule has 0 atom stereocenters. The van der Waals surface area contributed by atoms with Gasteiger partial charge in [-0.25, -0.2) is 0 Å². The molecular formula is C14H11ClO3. The van der Waals surface area contributed by atoms with Crippen LogP contribution in [0.3, 0.4) is 0 Å². The molecule has 0 fully saturated rings. The predicted molar refractivity (Wildman–Crippen MR) is 68.7 cm³/mol. The SMILES string of the molecule is O=CC1=C2Oc3cc(O)c(Cl)cc3C=C2CCC1. The van der Waals surface area contributed by atoms with Crippen LogP contribution in [0.5, 0.6) is 11.5 Å². The summed E-state index contributed by atoms with van der Waals surface area (Å²) in [5.74, 6) is 1.17. The number of rotatable bonds is 1. The molecule has 2 aliphatic rings. The second-order valence-corrected chi connectivity index (χ2v) is 4.85. The van der Waals surface area contributed by atoms with E-state index in [0.29, 0.717) is 22.1 Å². The summed E-state index contributed by atoms with van der Waals surface area (Å²) in [7, 11) is 0. The molecular weight excluding hydrogens is 252 g/mol. The van der Waals surface area contributed by atoms with E-state index in [1.807, 2.05) is 6.08 Å². The lowest BCUT2D eigenvalue weighted by molar-refractivity contribution is -0.105. The Morgan fingerprint density at radius 3 is 2.94 bits per heavy atom. The van der Waals surface area contributed by atoms with E-state index in [4.69, 9.17) is 16.3 Å². The topological polar surface area (TPSA) is 46.5 Å². The number of phenolic OH excluding ortho intramolecular Hbond substituents is 1. The summed E-state index contributed by atoms with van der Waals surface area (Å²) >= 11 is 5.87. The number of halogens is 1. The Hall–Kier alpha value is -1.74. The monoisotopic (exact) mass is 262 g/mol. The van der Waals surface area contributed by atoms with Gasteiger partial charge in [-0.1, -0.05) is 11.6 Å². The van der Waals surface area contributed by atoms with E-state index in [2.05, 4.69) is 0 Å². The number of carbonyl (C=O) groups is 1. The van der Waals surface area contributed by atoms with Crippen molar-refractivity contribution in [3.8, 4) is 11.5 Å². The molecule has 3 nitrogen and oxygen atoms in total. The van der Waals surface area contributed by atoms with Crippen molar-refractivity contribution in [2.45, 2.75) is 19.3 Å². The summed E-state index contributed by atoms with van der Waals surface area (Å²) in [5, 5.41) is 9.88. The van der Waals surface area contributed by atoms with Crippen LogP contribution < -0.4 is 4.74 Å². The van der Waals surface area contributed by atoms with Crippen LogP contribution in [0.25, 0.3) is 6.08 Å². The fraction of sp³-hybridized carbons (Fsp3) is 0.214. The highest BCUT2D eigenvalue weighted by molar-refractivity contribution is 6.32. The number of allylic oxidation sites excluding steroid dienone is 2. The van der Waals surface area contributed by atoms with E-state index < -0.39 is 0 Å². The molecule has 18 heavy (non-hydrogen) atoms. The molecule has 0 spiro atoms. The maximum atomic E-state index is 11.0. The van der Waals surface area contributed by atoms with Crippen molar-refractivity contribution in [2.75, 3.05) is 0 Å². The number of phenols is 1. The van der Waals surface area contributed by atoms with Gasteiger partial charge in [-0.2, -0.15) is 0 Å². The molecule has 3 rings (SSSR count). The molecule has 1 aliphatic carbocycles. The maximum Gasteiger partial charge on any atom is 0.149 e. The highest BCUT2D eigenvalue weighted by Gasteiger charge is 2.24. The van der Waals surface area contributed by atoms with Gasteiger partial charge in [0.25, 0.3) is 0 Å². The van der Waals surface area contributed by atoms with Crippen LogP contribution >= 0.6 is 11.6 Å². The van der Waals surface area contributed by atoms with Gasteiger partial charge in [-0.15, -0.1) is 0 Å². The molecule has 4 heteroatoms. The van der Waals surface area contributed by atoms with Crippen molar-refractivity contribution in [2.24, 2.45) is 0 Å². The summed E-state index contributed by atoms with van der Waals surface area (Å²) in [4.78, 5) is 11.0. The maximum absolute atomic E-state index is 11.0. The van der Waals surface area contributed by atoms with Gasteiger partial charge in [0.2, 0.25) is 0 Å². The Morgan fingerprint density at radius 2 is 2.17 bits per heavy atom. The standard InChI is InChI=1S/C14H11ClO3/c15-11-5-10-4-8-2-1-3-9(7-16)14(8)18-13(10)6-12(11)17/h4-7,17H,1-3H2. The van der Waals surface area contributed by atoms with Gasteiger partial charge in [0.15, 0.2) is 0 Å². The van der Waals surface area contributed by atoms with E-state index >= 15 is 0 Å². The number of benzene rings is 1. The van der Waals surface area contributed by atoms with Crippen LogP contribution in [0.4, 0.5) is 0 Å². The van der Waals surface area contributed by atoms with Crippen molar-refractivity contribution < 1.29 is 14.6 Å². The lowest BCUT2D eigenvalue weighted by atomic mass is 9.91. The second kappa shape index (κ2) is 4.18. The van der Waals surface area contributed by atoms with Gasteiger partial charge in [0.1, 0.15) is 23.5 Å². The van der Waals surface area contributed by atoms with Crippen LogP contribution in [0.2, 0.25) is 5.02 Å². The first-order valence-electron chi connectivity index (χ1n) is 5.78. The van der Waals surface area contributed by atoms with E-state index in [-0.39, 0.29) is 5.75 Å². The molecule has 0 radical (unpaired) electrons. The molecule has 0 saturated carbocycles. The Kier molecular flexibility index (Phi) is 2.63. The van der Waals surface area contributed by atoms with Gasteiger partial charge in [-0.05, 0) is 37.0 Å². The van der Waals surface area contributed by atoms with Crippen LogP contribution in [0.15, 0.2) is 29.0 Å². The lowest BCUT2D eigenvalue weighted by Gasteiger charge is -2.25. The number of hydrogen-bond acceptors (Lipinski definition) is 3. The summed E-state index contributed by atoms with van der Waals surface area (Å²) in [5.41, 5.74) is 2.55. The minimum absolute atomic E-state index is 0.0173. The van der Waals surface area contributed by atoms with Crippen molar-refractivity contribution in [1.82, 2.24) is 0 Å². The molecule has 1 aromatic rings. The summed E-state index contributed by atoms with van der Waals surface area (Å²) in [6, 6.07) is 3.15. The zero-order valence-corrected chi connectivity index (χ0v) is 10.3. The molecule has 0 unspecified atom stereocenters. The number of fused-ring (bicyclic) bond motifs is 2. The second-order valence-electron chi connectivity index (χ2n) is 4.44. The van der Waals surface area contributed by atoms with Gasteiger partial charge in [0, 0.05) is 17.2 Å². The van der Waals surface area contributed by atoms with Gasteiger partial charge in [0.05, 0.1) is 5.02 Å². The number of aldehydes is 1. The van der Waals surface area contributed by atoms with Crippen molar-refractivity contribution in [1.29, 1.82) is 0 Å². The first-order valence-corrected chi connectivity index (χ1v) is 6.16. The van der Waals surface area contributed by atoms with Crippen LogP contribution in [-0.2, 0) is 4.79 Å². The minimum atomic E-state index is -0.0173. The zero-order valence-electron chi connectivity index (χ0n) is 9.57. The third-order valence-corrected chi connectivity index (χ3v) is 3.54. The first kappa shape index (κ1) is 11.4. The Balaban J connectivity index is 2.17. The van der Waals surface area contributed by atoms with E-state index in [1.54, 1.807) is 6.07 Å². The minimum Gasteiger partial charge on any atom is -0.506 e. The molecule has 92 valence electrons. The van der Waals surface area contributed by atoms with Crippen molar-refractivity contribution in [3.63, 3.8) is 0 Å². The molecule has 1 aliphatic heterocycles. The van der Waals surface area contributed by atoms with Crippen molar-refractivity contribution >= 4 is 24.0 Å². The van der Waals surface area contributed by atoms with E-state index in [0.717, 1.165) is 36.7 Å². The van der Waals surface area contributed by atoms with Gasteiger partial charge >= 0.3 is 0 Å². The van der Waals surface area contributed by atoms with Crippen molar-refractivity contribution in [3.05, 3.63) is 39.6 Å².